The number of phenolic OH excluding ortho intramolecular Hbond substituents is 1. The summed E-state index contributed by atoms with van der Waals surface area (Å²) in [7, 11) is 0. The van der Waals surface area contributed by atoms with Crippen LogP contribution in [-0.2, 0) is 80.0 Å². The van der Waals surface area contributed by atoms with Gasteiger partial charge in [0.05, 0.1) is 30.6 Å². The molecular formula is C67H109N17O18S. The smallest absolute Gasteiger partial charge is 0.326 e. The quantitative estimate of drug-likeness (QED) is 0.0292. The van der Waals surface area contributed by atoms with Gasteiger partial charge in [-0.1, -0.05) is 60.1 Å². The van der Waals surface area contributed by atoms with Crippen molar-refractivity contribution in [3.63, 3.8) is 0 Å². The SMILES string of the molecule is CC[C@H](C)[C@H](NC(=O)[C@H](Cc1c[nH]cn1)NC(=O)[C@H](C)N)C(=O)N[C@H](C(=O)N[C@@H](CCSC)C(=O)N[C@H](C(=O)N[C@@H](CC(=O)O)C(=O)N[C@@H](C)C(=O)N[C@@H](Cc1ccc(O)cc1)C(=O)N[C@@H](CCCCN)C(=O)N1CCC[C@H]1C(=O)N[C@H](C(=O)N[C@@H](CCCCN)C(=O)O)[C@@H](C)O)C(C)C)C(C)C. The van der Waals surface area contributed by atoms with Gasteiger partial charge in [-0.2, -0.15) is 11.8 Å². The number of thioether (sulfide) groups is 1. The molecule has 0 radical (unpaired) electrons. The highest BCUT2D eigenvalue weighted by atomic mass is 32.2. The number of H-pyrrole nitrogens is 1. The Morgan fingerprint density at radius 1 is 0.573 bits per heavy atom. The van der Waals surface area contributed by atoms with Crippen molar-refractivity contribution in [1.29, 1.82) is 0 Å². The van der Waals surface area contributed by atoms with E-state index in [2.05, 4.69) is 68.5 Å². The highest BCUT2D eigenvalue weighted by molar-refractivity contribution is 7.98. The fourth-order valence-corrected chi connectivity index (χ4v) is 11.5. The molecule has 103 heavy (non-hydrogen) atoms. The zero-order valence-electron chi connectivity index (χ0n) is 60.3. The van der Waals surface area contributed by atoms with Gasteiger partial charge in [0.1, 0.15) is 78.3 Å². The fraction of sp³-hybridized carbons (Fsp3) is 0.657. The summed E-state index contributed by atoms with van der Waals surface area (Å²) in [5.74, 6) is -15.1. The fourth-order valence-electron chi connectivity index (χ4n) is 11.0. The predicted octanol–water partition coefficient (Wildman–Crippen LogP) is -3.10. The van der Waals surface area contributed by atoms with Crippen molar-refractivity contribution in [3.05, 3.63) is 48.0 Å². The number of hydrogen-bond acceptors (Lipinski definition) is 21. The number of aromatic hydroxyl groups is 1. The lowest BCUT2D eigenvalue weighted by atomic mass is 9.95. The van der Waals surface area contributed by atoms with Crippen LogP contribution in [0.25, 0.3) is 0 Å². The number of aliphatic carboxylic acids is 2. The van der Waals surface area contributed by atoms with E-state index in [0.29, 0.717) is 49.1 Å². The third-order valence-electron chi connectivity index (χ3n) is 17.3. The molecule has 1 aromatic carbocycles. The molecule has 0 unspecified atom stereocenters. The van der Waals surface area contributed by atoms with E-state index in [1.165, 1.54) is 74.2 Å². The number of carboxylic acid groups (broad SMARTS) is 2. The van der Waals surface area contributed by atoms with Gasteiger partial charge >= 0.3 is 11.9 Å². The molecule has 0 saturated carbocycles. The summed E-state index contributed by atoms with van der Waals surface area (Å²) in [5, 5.41) is 68.6. The molecule has 35 nitrogen and oxygen atoms in total. The average Bonchev–Trinajstić information content (AvgIpc) is 1.75. The third-order valence-corrected chi connectivity index (χ3v) is 18.0. The largest absolute Gasteiger partial charge is 0.508 e. The molecule has 576 valence electrons. The standard InChI is InChI=1S/C67H109N17O18S/c1-11-36(6)53(82-60(94)47(77-55(89)37(7)70)30-41-32-71-33-72-41)64(98)81-52(35(4)5)62(96)74-43(24-28-103-10)57(91)80-51(34(2)3)63(97)79-48(31-50(87)88)58(92)73-38(8)56(90)78-46(29-40-20-22-42(86)23-21-40)59(93)75-44(17-12-14-25-68)66(100)84-27-16-19-49(84)61(95)83-54(39(9)85)65(99)76-45(67(101)102)18-13-15-26-69/h20-23,32-39,43-49,51-54,85-86H,11-19,24-31,68-70H2,1-10H3,(H,71,72)(H,73,92)(H,74,96)(H,75,93)(H,76,99)(H,77,89)(H,78,90)(H,79,97)(H,80,91)(H,81,98)(H,82,94)(H,83,95)(H,87,88)(H,101,102)/t36-,37-,38-,39+,43-,44-,45-,46-,47-,48-,49-,51-,52-,53-,54-/m0/s1. The number of carbonyl (C=O) groups is 14. The first-order valence-electron chi connectivity index (χ1n) is 34.8. The summed E-state index contributed by atoms with van der Waals surface area (Å²) < 4.78 is 0. The van der Waals surface area contributed by atoms with Crippen LogP contribution < -0.4 is 75.7 Å². The number of carbonyl (C=O) groups excluding carboxylic acids is 12. The van der Waals surface area contributed by atoms with Crippen LogP contribution >= 0.6 is 11.8 Å². The number of benzene rings is 1. The molecule has 2 aromatic rings. The van der Waals surface area contributed by atoms with Crippen LogP contribution in [0.2, 0.25) is 0 Å². The number of phenols is 1. The predicted molar refractivity (Wildman–Crippen MR) is 379 cm³/mol. The van der Waals surface area contributed by atoms with Gasteiger partial charge in [0.25, 0.3) is 0 Å². The van der Waals surface area contributed by atoms with Gasteiger partial charge in [0.2, 0.25) is 70.9 Å². The zero-order valence-corrected chi connectivity index (χ0v) is 61.2. The van der Waals surface area contributed by atoms with E-state index in [1.807, 2.05) is 0 Å². The van der Waals surface area contributed by atoms with Gasteiger partial charge in [-0.05, 0) is 139 Å². The van der Waals surface area contributed by atoms with Crippen molar-refractivity contribution in [1.82, 2.24) is 73.4 Å². The molecule has 1 saturated heterocycles. The highest BCUT2D eigenvalue weighted by Crippen LogP contribution is 2.22. The monoisotopic (exact) mass is 1470 g/mol. The van der Waals surface area contributed by atoms with Gasteiger partial charge < -0.3 is 106 Å². The Kier molecular flexibility index (Phi) is 38.1. The van der Waals surface area contributed by atoms with E-state index >= 15 is 0 Å². The summed E-state index contributed by atoms with van der Waals surface area (Å²) in [5.41, 5.74) is 18.0. The van der Waals surface area contributed by atoms with E-state index in [0.717, 1.165) is 0 Å². The number of rotatable bonds is 46. The number of aromatic amines is 1. The second-order valence-corrected chi connectivity index (χ2v) is 27.5. The number of carboxylic acids is 2. The zero-order chi connectivity index (χ0) is 77.4. The summed E-state index contributed by atoms with van der Waals surface area (Å²) in [6, 6.07) is -12.6. The number of nitrogens with zero attached hydrogens (tertiary/aromatic N) is 2. The maximum atomic E-state index is 14.6. The molecule has 1 aromatic heterocycles. The molecule has 1 aliphatic rings. The molecule has 1 aliphatic heterocycles. The number of nitrogens with two attached hydrogens (primary N) is 3. The average molecular weight is 1470 g/mol. The normalized spacial score (nSPS) is 16.9. The second-order valence-electron chi connectivity index (χ2n) is 26.6. The second kappa shape index (κ2) is 44.5. The molecule has 12 amide bonds. The van der Waals surface area contributed by atoms with Gasteiger partial charge in [-0.15, -0.1) is 0 Å². The summed E-state index contributed by atoms with van der Waals surface area (Å²) >= 11 is 1.33. The first-order valence-corrected chi connectivity index (χ1v) is 36.2. The molecule has 2 heterocycles. The molecular weight excluding hydrogens is 1360 g/mol. The number of hydrogen-bond donors (Lipinski definition) is 19. The van der Waals surface area contributed by atoms with E-state index < -0.39 is 192 Å². The lowest BCUT2D eigenvalue weighted by Crippen LogP contribution is -2.62. The Balaban J connectivity index is 1.86. The molecule has 15 atom stereocenters. The Labute approximate surface area is 603 Å². The van der Waals surface area contributed by atoms with Gasteiger partial charge in [0.15, 0.2) is 0 Å². The number of imidazole rings is 1. The molecule has 36 heteroatoms. The topological polar surface area (TPSA) is 562 Å². The van der Waals surface area contributed by atoms with Crippen molar-refractivity contribution >= 4 is 94.6 Å². The van der Waals surface area contributed by atoms with Crippen molar-refractivity contribution in [3.8, 4) is 5.75 Å². The van der Waals surface area contributed by atoms with Crippen molar-refractivity contribution in [2.75, 3.05) is 31.6 Å². The number of likely N-dealkylation sites (tertiary alicyclic amines) is 1. The van der Waals surface area contributed by atoms with Crippen LogP contribution in [0, 0.1) is 17.8 Å². The maximum absolute atomic E-state index is 14.6. The molecule has 1 fully saturated rings. The molecule has 0 aliphatic carbocycles. The van der Waals surface area contributed by atoms with Crippen LogP contribution in [0.4, 0.5) is 0 Å². The molecule has 0 spiro atoms. The van der Waals surface area contributed by atoms with Gasteiger partial charge in [-0.3, -0.25) is 62.3 Å². The number of aliphatic hydroxyl groups excluding tert-OH is 1. The third kappa shape index (κ3) is 29.3. The Morgan fingerprint density at radius 2 is 1.06 bits per heavy atom. The van der Waals surface area contributed by atoms with E-state index in [4.69, 9.17) is 17.2 Å². The van der Waals surface area contributed by atoms with Crippen LogP contribution in [0.1, 0.15) is 144 Å². The Bertz CT molecular complexity index is 3160. The Hall–Kier alpha value is -9.00. The van der Waals surface area contributed by atoms with E-state index in [1.54, 1.807) is 47.8 Å². The lowest BCUT2D eigenvalue weighted by Gasteiger charge is -2.31. The van der Waals surface area contributed by atoms with Crippen LogP contribution in [0.5, 0.6) is 5.75 Å². The van der Waals surface area contributed by atoms with Crippen molar-refractivity contribution in [2.45, 2.75) is 230 Å². The van der Waals surface area contributed by atoms with Crippen LogP contribution in [0.3, 0.4) is 0 Å². The van der Waals surface area contributed by atoms with E-state index in [9.17, 15) is 87.5 Å². The number of amides is 12. The highest BCUT2D eigenvalue weighted by Gasteiger charge is 2.42. The minimum atomic E-state index is -1.90. The lowest BCUT2D eigenvalue weighted by molar-refractivity contribution is -0.144. The summed E-state index contributed by atoms with van der Waals surface area (Å²) in [6.45, 7) is 14.2. The van der Waals surface area contributed by atoms with Crippen LogP contribution in [-0.4, -0.2) is 234 Å². The molecule has 0 bridgehead atoms. The number of nitrogens with one attached hydrogen (secondary N) is 12. The minimum absolute atomic E-state index is 0.00236. The first-order chi connectivity index (χ1) is 48.6. The first kappa shape index (κ1) is 88.2. The summed E-state index contributed by atoms with van der Waals surface area (Å²) in [4.78, 5) is 201. The van der Waals surface area contributed by atoms with Crippen molar-refractivity contribution < 1.29 is 87.5 Å². The molecule has 22 N–H and O–H groups in total. The Morgan fingerprint density at radius 3 is 1.58 bits per heavy atom. The number of aromatic nitrogens is 2. The maximum Gasteiger partial charge on any atom is 0.326 e. The molecule has 3 rings (SSSR count). The van der Waals surface area contributed by atoms with Gasteiger partial charge in [0, 0.05) is 25.6 Å². The number of aliphatic hydroxyl groups is 1. The van der Waals surface area contributed by atoms with E-state index in [-0.39, 0.29) is 70.3 Å². The summed E-state index contributed by atoms with van der Waals surface area (Å²) in [6.07, 6.45) is 4.08. The minimum Gasteiger partial charge on any atom is -0.508 e. The van der Waals surface area contributed by atoms with Gasteiger partial charge in [-0.25, -0.2) is 9.78 Å². The number of unbranched alkanes of at least 4 members (excludes halogenated alkanes) is 2. The van der Waals surface area contributed by atoms with Crippen LogP contribution in [0.15, 0.2) is 36.8 Å². The van der Waals surface area contributed by atoms with Crippen molar-refractivity contribution in [2.24, 2.45) is 35.0 Å².